The van der Waals surface area contributed by atoms with Gasteiger partial charge in [-0.3, -0.25) is 10.2 Å². The quantitative estimate of drug-likeness (QED) is 0.717. The van der Waals surface area contributed by atoms with E-state index in [1.165, 1.54) is 18.2 Å². The molecule has 0 saturated carbocycles. The molecule has 3 N–H and O–H groups in total. The Morgan fingerprint density at radius 3 is 2.77 bits per heavy atom. The summed E-state index contributed by atoms with van der Waals surface area (Å²) in [5, 5.41) is 11.8. The number of alkyl halides is 3. The van der Waals surface area contributed by atoms with E-state index >= 15 is 0 Å². The molecule has 142 valence electrons. The summed E-state index contributed by atoms with van der Waals surface area (Å²) in [4.78, 5) is 12.3. The van der Waals surface area contributed by atoms with Crippen molar-refractivity contribution in [1.82, 2.24) is 10.9 Å². The lowest BCUT2D eigenvalue weighted by molar-refractivity contribution is -0.153. The predicted molar refractivity (Wildman–Crippen MR) is 89.3 cm³/mol. The second-order valence-electron chi connectivity index (χ2n) is 6.62. The van der Waals surface area contributed by atoms with E-state index in [9.17, 15) is 18.0 Å². The molecule has 26 heavy (non-hydrogen) atoms. The standard InChI is InChI=1S/C17H21F3N4O2/c1-10(2)5-13-7-14(24-23-13)16(25)22-12-3-4-15(11(6-12)8-21)26-9-17(18,19)20/h3-4,6,10,13-14,23-24H,5,7,9H2,1-2H3,(H,22,25). The topological polar surface area (TPSA) is 86.2 Å². The molecule has 2 unspecified atom stereocenters. The Labute approximate surface area is 149 Å². The number of carbonyl (C=O) groups is 1. The van der Waals surface area contributed by atoms with Gasteiger partial charge in [0.1, 0.15) is 17.9 Å². The number of hydrazine groups is 1. The van der Waals surface area contributed by atoms with E-state index in [-0.39, 0.29) is 23.3 Å². The molecule has 1 aromatic rings. The van der Waals surface area contributed by atoms with E-state index < -0.39 is 18.8 Å². The SMILES string of the molecule is CC(C)CC1CC(C(=O)Nc2ccc(OCC(F)(F)F)c(C#N)c2)NN1. The summed E-state index contributed by atoms with van der Waals surface area (Å²) >= 11 is 0. The third-order valence-electron chi connectivity index (χ3n) is 3.81. The van der Waals surface area contributed by atoms with E-state index in [0.29, 0.717) is 18.0 Å². The normalized spacial score (nSPS) is 20.0. The van der Waals surface area contributed by atoms with Crippen molar-refractivity contribution in [2.45, 2.75) is 44.9 Å². The van der Waals surface area contributed by atoms with Crippen LogP contribution in [0.5, 0.6) is 5.75 Å². The molecule has 1 heterocycles. The summed E-state index contributed by atoms with van der Waals surface area (Å²) in [5.74, 6) is 0.0376. The van der Waals surface area contributed by atoms with Crippen LogP contribution in [-0.2, 0) is 4.79 Å². The molecule has 0 radical (unpaired) electrons. The number of carbonyl (C=O) groups excluding carboxylic acids is 1. The lowest BCUT2D eigenvalue weighted by Crippen LogP contribution is -2.40. The molecule has 0 aliphatic carbocycles. The number of rotatable bonds is 6. The lowest BCUT2D eigenvalue weighted by Gasteiger charge is -2.13. The van der Waals surface area contributed by atoms with Crippen molar-refractivity contribution >= 4 is 11.6 Å². The van der Waals surface area contributed by atoms with Crippen LogP contribution >= 0.6 is 0 Å². The maximum absolute atomic E-state index is 12.3. The molecule has 2 rings (SSSR count). The average Bonchev–Trinajstić information content (AvgIpc) is 3.00. The largest absolute Gasteiger partial charge is 0.483 e. The molecule has 1 aromatic carbocycles. The van der Waals surface area contributed by atoms with Crippen molar-refractivity contribution in [3.8, 4) is 11.8 Å². The van der Waals surface area contributed by atoms with E-state index in [1.807, 2.05) is 0 Å². The smallest absolute Gasteiger partial charge is 0.422 e. The van der Waals surface area contributed by atoms with Gasteiger partial charge in [0.2, 0.25) is 5.91 Å². The zero-order valence-electron chi connectivity index (χ0n) is 14.5. The molecule has 1 saturated heterocycles. The number of halogens is 3. The fourth-order valence-corrected chi connectivity index (χ4v) is 2.73. The van der Waals surface area contributed by atoms with E-state index in [0.717, 1.165) is 6.42 Å². The Kier molecular flexibility index (Phi) is 6.45. The highest BCUT2D eigenvalue weighted by Crippen LogP contribution is 2.25. The fourth-order valence-electron chi connectivity index (χ4n) is 2.73. The number of hydrogen-bond acceptors (Lipinski definition) is 5. The van der Waals surface area contributed by atoms with Crippen LogP contribution in [0.3, 0.4) is 0 Å². The second kappa shape index (κ2) is 8.38. The number of nitrogens with one attached hydrogen (secondary N) is 3. The molecule has 9 heteroatoms. The van der Waals surface area contributed by atoms with Gasteiger partial charge in [0, 0.05) is 11.7 Å². The van der Waals surface area contributed by atoms with Gasteiger partial charge in [0.05, 0.1) is 5.56 Å². The van der Waals surface area contributed by atoms with E-state index in [4.69, 9.17) is 5.26 Å². The lowest BCUT2D eigenvalue weighted by atomic mass is 10.00. The maximum Gasteiger partial charge on any atom is 0.422 e. The first kappa shape index (κ1) is 20.0. The first-order chi connectivity index (χ1) is 12.2. The third kappa shape index (κ3) is 5.89. The molecule has 6 nitrogen and oxygen atoms in total. The van der Waals surface area contributed by atoms with Crippen LogP contribution in [0.15, 0.2) is 18.2 Å². The molecule has 0 spiro atoms. The Balaban J connectivity index is 1.97. The number of anilines is 1. The van der Waals surface area contributed by atoms with Gasteiger partial charge in [-0.05, 0) is 37.0 Å². The van der Waals surface area contributed by atoms with Crippen molar-refractivity contribution in [1.29, 1.82) is 5.26 Å². The summed E-state index contributed by atoms with van der Waals surface area (Å²) < 4.78 is 41.3. The number of hydrogen-bond donors (Lipinski definition) is 3. The fraction of sp³-hybridized carbons (Fsp3) is 0.529. The van der Waals surface area contributed by atoms with Gasteiger partial charge in [-0.1, -0.05) is 13.8 Å². The molecule has 1 fully saturated rings. The molecule has 1 aliphatic heterocycles. The molecule has 1 aliphatic rings. The zero-order chi connectivity index (χ0) is 19.3. The number of amides is 1. The van der Waals surface area contributed by atoms with Gasteiger partial charge in [0.15, 0.2) is 6.61 Å². The van der Waals surface area contributed by atoms with Crippen molar-refractivity contribution in [3.05, 3.63) is 23.8 Å². The minimum absolute atomic E-state index is 0.0813. The highest BCUT2D eigenvalue weighted by atomic mass is 19.4. The summed E-state index contributed by atoms with van der Waals surface area (Å²) in [6.07, 6.45) is -2.93. The minimum atomic E-state index is -4.49. The van der Waals surface area contributed by atoms with E-state index in [2.05, 4.69) is 34.8 Å². The summed E-state index contributed by atoms with van der Waals surface area (Å²) in [6.45, 7) is 2.71. The zero-order valence-corrected chi connectivity index (χ0v) is 14.5. The Morgan fingerprint density at radius 2 is 2.15 bits per heavy atom. The molecule has 0 aromatic heterocycles. The van der Waals surface area contributed by atoms with Gasteiger partial charge < -0.3 is 10.1 Å². The Hall–Kier alpha value is -2.31. The summed E-state index contributed by atoms with van der Waals surface area (Å²) in [7, 11) is 0. The number of benzene rings is 1. The average molecular weight is 370 g/mol. The van der Waals surface area contributed by atoms with Crippen LogP contribution in [0.2, 0.25) is 0 Å². The number of nitrogens with zero attached hydrogens (tertiary/aromatic N) is 1. The van der Waals surface area contributed by atoms with Crippen LogP contribution in [-0.4, -0.2) is 30.8 Å². The van der Waals surface area contributed by atoms with Crippen molar-refractivity contribution in [2.24, 2.45) is 5.92 Å². The van der Waals surface area contributed by atoms with Crippen LogP contribution in [0.25, 0.3) is 0 Å². The van der Waals surface area contributed by atoms with Crippen LogP contribution in [0.1, 0.15) is 32.3 Å². The maximum atomic E-state index is 12.3. The van der Waals surface area contributed by atoms with E-state index in [1.54, 1.807) is 6.07 Å². The number of nitriles is 1. The summed E-state index contributed by atoms with van der Waals surface area (Å²) in [6, 6.07) is 5.47. The molecular weight excluding hydrogens is 349 g/mol. The predicted octanol–water partition coefficient (Wildman–Crippen LogP) is 2.72. The third-order valence-corrected chi connectivity index (χ3v) is 3.81. The van der Waals surface area contributed by atoms with Crippen LogP contribution in [0.4, 0.5) is 18.9 Å². The molecule has 2 atom stereocenters. The first-order valence-electron chi connectivity index (χ1n) is 8.23. The van der Waals surface area contributed by atoms with Gasteiger partial charge in [-0.15, -0.1) is 0 Å². The highest BCUT2D eigenvalue weighted by molar-refractivity contribution is 5.95. The molecule has 0 bridgehead atoms. The van der Waals surface area contributed by atoms with Gasteiger partial charge in [0.25, 0.3) is 0 Å². The van der Waals surface area contributed by atoms with Gasteiger partial charge in [-0.25, -0.2) is 5.43 Å². The number of ether oxygens (including phenoxy) is 1. The van der Waals surface area contributed by atoms with Gasteiger partial charge >= 0.3 is 6.18 Å². The highest BCUT2D eigenvalue weighted by Gasteiger charge is 2.30. The van der Waals surface area contributed by atoms with Crippen LogP contribution < -0.4 is 20.9 Å². The molecule has 1 amide bonds. The van der Waals surface area contributed by atoms with Gasteiger partial charge in [-0.2, -0.15) is 18.4 Å². The Morgan fingerprint density at radius 1 is 1.42 bits per heavy atom. The first-order valence-corrected chi connectivity index (χ1v) is 8.23. The molecular formula is C17H21F3N4O2. The monoisotopic (exact) mass is 370 g/mol. The van der Waals surface area contributed by atoms with Crippen LogP contribution in [0, 0.1) is 17.2 Å². The summed E-state index contributed by atoms with van der Waals surface area (Å²) in [5.41, 5.74) is 6.25. The Bertz CT molecular complexity index is 686. The van der Waals surface area contributed by atoms with Crippen molar-refractivity contribution < 1.29 is 22.7 Å². The van der Waals surface area contributed by atoms with Crippen molar-refractivity contribution in [3.63, 3.8) is 0 Å². The minimum Gasteiger partial charge on any atom is -0.483 e. The second-order valence-corrected chi connectivity index (χ2v) is 6.62. The van der Waals surface area contributed by atoms with Crippen molar-refractivity contribution in [2.75, 3.05) is 11.9 Å².